The van der Waals surface area contributed by atoms with Gasteiger partial charge in [0, 0.05) is 58.2 Å². The van der Waals surface area contributed by atoms with Gasteiger partial charge in [-0.15, -0.1) is 0 Å². The summed E-state index contributed by atoms with van der Waals surface area (Å²) >= 11 is 0. The van der Waals surface area contributed by atoms with Crippen molar-refractivity contribution in [2.75, 3.05) is 37.0 Å². The molecule has 0 radical (unpaired) electrons. The number of aromatic amines is 1. The zero-order chi connectivity index (χ0) is 24.1. The van der Waals surface area contributed by atoms with Gasteiger partial charge in [0.15, 0.2) is 22.6 Å². The minimum Gasteiger partial charge on any atom is -0.363 e. The van der Waals surface area contributed by atoms with Crippen LogP contribution in [-0.4, -0.2) is 66.2 Å². The Morgan fingerprint density at radius 3 is 2.63 bits per heavy atom. The van der Waals surface area contributed by atoms with Gasteiger partial charge in [0.1, 0.15) is 18.0 Å². The van der Waals surface area contributed by atoms with E-state index in [-0.39, 0.29) is 11.7 Å². The van der Waals surface area contributed by atoms with E-state index >= 15 is 0 Å². The van der Waals surface area contributed by atoms with Gasteiger partial charge in [-0.25, -0.2) is 29.7 Å². The molecule has 0 aromatic carbocycles. The molecule has 1 saturated heterocycles. The molecule has 5 aromatic heterocycles. The van der Waals surface area contributed by atoms with E-state index in [9.17, 15) is 4.79 Å². The minimum atomic E-state index is -0.107. The maximum Gasteiger partial charge on any atom is 0.327 e. The fraction of sp³-hybridized carbons (Fsp3) is 0.333. The lowest BCUT2D eigenvalue weighted by atomic mass is 10.0. The third-order valence-corrected chi connectivity index (χ3v) is 6.72. The van der Waals surface area contributed by atoms with Crippen molar-refractivity contribution in [2.45, 2.75) is 18.9 Å². The standard InChI is InChI=1S/C24H26N10O/c1-31(2)18-7-6-15(13-26-18)21-29-19-22(32(21)3)27-14-28-23(19)33-11-8-16(9-12-33)34-17-5-4-10-25-20(17)30-24(34)35/h4-7,10,13-14,16H,8-9,11-12H2,1-3H3,(H,25,30,35). The first-order valence-electron chi connectivity index (χ1n) is 11.6. The molecule has 11 heteroatoms. The summed E-state index contributed by atoms with van der Waals surface area (Å²) in [6.45, 7) is 1.53. The van der Waals surface area contributed by atoms with Gasteiger partial charge in [0.2, 0.25) is 0 Å². The first-order chi connectivity index (χ1) is 17.0. The minimum absolute atomic E-state index is 0.106. The summed E-state index contributed by atoms with van der Waals surface area (Å²) in [6, 6.07) is 7.91. The Morgan fingerprint density at radius 1 is 1.06 bits per heavy atom. The van der Waals surface area contributed by atoms with Crippen molar-refractivity contribution < 1.29 is 0 Å². The van der Waals surface area contributed by atoms with Crippen LogP contribution in [0.1, 0.15) is 18.9 Å². The number of pyridine rings is 2. The molecule has 6 rings (SSSR count). The molecule has 1 aliphatic rings. The summed E-state index contributed by atoms with van der Waals surface area (Å²) in [7, 11) is 5.90. The van der Waals surface area contributed by atoms with Crippen molar-refractivity contribution >= 4 is 34.0 Å². The first kappa shape index (κ1) is 21.3. The molecule has 1 fully saturated rings. The van der Waals surface area contributed by atoms with Crippen LogP contribution in [0.4, 0.5) is 11.6 Å². The number of H-pyrrole nitrogens is 1. The monoisotopic (exact) mass is 470 g/mol. The van der Waals surface area contributed by atoms with Gasteiger partial charge in [-0.2, -0.15) is 0 Å². The summed E-state index contributed by atoms with van der Waals surface area (Å²) < 4.78 is 3.83. The Labute approximate surface area is 201 Å². The highest BCUT2D eigenvalue weighted by atomic mass is 16.1. The second-order valence-corrected chi connectivity index (χ2v) is 9.05. The van der Waals surface area contributed by atoms with Crippen molar-refractivity contribution in [3.63, 3.8) is 0 Å². The molecule has 0 saturated carbocycles. The van der Waals surface area contributed by atoms with E-state index < -0.39 is 0 Å². The van der Waals surface area contributed by atoms with Crippen molar-refractivity contribution in [1.82, 2.24) is 39.0 Å². The van der Waals surface area contributed by atoms with Gasteiger partial charge in [-0.1, -0.05) is 0 Å². The Morgan fingerprint density at radius 2 is 1.89 bits per heavy atom. The van der Waals surface area contributed by atoms with Gasteiger partial charge in [0.25, 0.3) is 0 Å². The molecule has 11 nitrogen and oxygen atoms in total. The topological polar surface area (TPSA) is 114 Å². The van der Waals surface area contributed by atoms with E-state index in [1.54, 1.807) is 12.5 Å². The lowest BCUT2D eigenvalue weighted by Crippen LogP contribution is -2.37. The van der Waals surface area contributed by atoms with Gasteiger partial charge in [0.05, 0.1) is 5.52 Å². The number of rotatable bonds is 4. The van der Waals surface area contributed by atoms with Crippen LogP contribution < -0.4 is 15.5 Å². The van der Waals surface area contributed by atoms with Crippen molar-refractivity contribution in [2.24, 2.45) is 7.05 Å². The molecular weight excluding hydrogens is 444 g/mol. The molecular formula is C24H26N10O. The third kappa shape index (κ3) is 3.50. The molecule has 178 valence electrons. The number of imidazole rings is 2. The number of hydrogen-bond donors (Lipinski definition) is 1. The molecule has 1 N–H and O–H groups in total. The van der Waals surface area contributed by atoms with E-state index in [0.29, 0.717) is 5.65 Å². The molecule has 5 aromatic rings. The van der Waals surface area contributed by atoms with Crippen LogP contribution >= 0.6 is 0 Å². The maximum atomic E-state index is 12.6. The normalized spacial score (nSPS) is 14.8. The predicted octanol–water partition coefficient (Wildman–Crippen LogP) is 2.37. The number of piperidine rings is 1. The first-order valence-corrected chi connectivity index (χ1v) is 11.6. The Balaban J connectivity index is 1.29. The second-order valence-electron chi connectivity index (χ2n) is 9.05. The Hall–Kier alpha value is -4.28. The number of fused-ring (bicyclic) bond motifs is 2. The molecule has 0 spiro atoms. The van der Waals surface area contributed by atoms with Crippen LogP contribution in [-0.2, 0) is 7.05 Å². The number of anilines is 2. The highest BCUT2D eigenvalue weighted by Crippen LogP contribution is 2.31. The van der Waals surface area contributed by atoms with Crippen molar-refractivity contribution in [3.05, 3.63) is 53.5 Å². The quantitative estimate of drug-likeness (QED) is 0.426. The molecule has 6 heterocycles. The van der Waals surface area contributed by atoms with Crippen LogP contribution in [0.25, 0.3) is 33.7 Å². The van der Waals surface area contributed by atoms with Crippen LogP contribution in [0.15, 0.2) is 47.8 Å². The van der Waals surface area contributed by atoms with Crippen molar-refractivity contribution in [3.8, 4) is 11.4 Å². The fourth-order valence-corrected chi connectivity index (χ4v) is 4.92. The highest BCUT2D eigenvalue weighted by Gasteiger charge is 2.27. The van der Waals surface area contributed by atoms with Gasteiger partial charge < -0.3 is 14.4 Å². The largest absolute Gasteiger partial charge is 0.363 e. The van der Waals surface area contributed by atoms with E-state index in [1.807, 2.05) is 65.6 Å². The van der Waals surface area contributed by atoms with Crippen molar-refractivity contribution in [1.29, 1.82) is 0 Å². The average molecular weight is 471 g/mol. The molecule has 0 atom stereocenters. The van der Waals surface area contributed by atoms with E-state index in [1.165, 1.54) is 0 Å². The smallest absolute Gasteiger partial charge is 0.327 e. The molecule has 0 aliphatic carbocycles. The number of nitrogens with one attached hydrogen (secondary N) is 1. The second kappa shape index (κ2) is 8.19. The van der Waals surface area contributed by atoms with Gasteiger partial charge in [-0.3, -0.25) is 9.55 Å². The summed E-state index contributed by atoms with van der Waals surface area (Å²) in [6.07, 6.45) is 6.77. The molecule has 0 amide bonds. The number of aromatic nitrogens is 8. The Bertz CT molecular complexity index is 1570. The van der Waals surface area contributed by atoms with E-state index in [2.05, 4.69) is 29.8 Å². The number of nitrogens with zero attached hydrogens (tertiary/aromatic N) is 9. The molecule has 35 heavy (non-hydrogen) atoms. The third-order valence-electron chi connectivity index (χ3n) is 6.72. The highest BCUT2D eigenvalue weighted by molar-refractivity contribution is 5.86. The zero-order valence-corrected chi connectivity index (χ0v) is 19.9. The summed E-state index contributed by atoms with van der Waals surface area (Å²) in [5, 5.41) is 0. The lowest BCUT2D eigenvalue weighted by Gasteiger charge is -2.33. The molecule has 1 aliphatic heterocycles. The maximum absolute atomic E-state index is 12.6. The van der Waals surface area contributed by atoms with Crippen LogP contribution in [0.2, 0.25) is 0 Å². The van der Waals surface area contributed by atoms with Crippen LogP contribution in [0.5, 0.6) is 0 Å². The zero-order valence-electron chi connectivity index (χ0n) is 19.9. The lowest BCUT2D eigenvalue weighted by molar-refractivity contribution is 0.395. The number of hydrogen-bond acceptors (Lipinski definition) is 8. The Kier molecular flexibility index (Phi) is 4.97. The van der Waals surface area contributed by atoms with E-state index in [0.717, 1.165) is 65.6 Å². The molecule has 0 unspecified atom stereocenters. The summed E-state index contributed by atoms with van der Waals surface area (Å²) in [5.41, 5.74) is 3.85. The fourth-order valence-electron chi connectivity index (χ4n) is 4.92. The molecule has 0 bridgehead atoms. The van der Waals surface area contributed by atoms with Gasteiger partial charge in [-0.05, 0) is 37.1 Å². The predicted molar refractivity (Wildman–Crippen MR) is 135 cm³/mol. The summed E-state index contributed by atoms with van der Waals surface area (Å²) in [5.74, 6) is 2.51. The van der Waals surface area contributed by atoms with Crippen LogP contribution in [0, 0.1) is 0 Å². The van der Waals surface area contributed by atoms with Gasteiger partial charge >= 0.3 is 5.69 Å². The average Bonchev–Trinajstić information content (AvgIpc) is 3.40. The summed E-state index contributed by atoms with van der Waals surface area (Å²) in [4.78, 5) is 42.5. The number of aryl methyl sites for hydroxylation is 1. The van der Waals surface area contributed by atoms with E-state index in [4.69, 9.17) is 4.98 Å². The SMILES string of the molecule is CN(C)c1ccc(-c2nc3c(N4CCC(n5c(=O)[nH]c6ncccc65)CC4)ncnc3n2C)cn1. The van der Waals surface area contributed by atoms with Crippen LogP contribution in [0.3, 0.4) is 0 Å².